The number of aromatic hydroxyl groups is 1. The average molecular weight is 657 g/mol. The predicted octanol–water partition coefficient (Wildman–Crippen LogP) is 4.45. The first-order chi connectivity index (χ1) is 23.3. The van der Waals surface area contributed by atoms with Gasteiger partial charge in [-0.1, -0.05) is 6.07 Å². The maximum atomic E-state index is 17.4. The minimum atomic E-state index is -0.908. The summed E-state index contributed by atoms with van der Waals surface area (Å²) in [6.07, 6.45) is 4.57. The molecule has 0 aliphatic carbocycles. The fourth-order valence-corrected chi connectivity index (χ4v) is 9.94. The Bertz CT molecular complexity index is 2090. The van der Waals surface area contributed by atoms with E-state index < -0.39 is 23.1 Å². The minimum Gasteiger partial charge on any atom is -0.508 e. The first kappa shape index (κ1) is 28.9. The Hall–Kier alpha value is -4.03. The molecule has 10 rings (SSSR count). The normalized spacial score (nSPS) is 30.4. The van der Waals surface area contributed by atoms with Gasteiger partial charge in [0.05, 0.1) is 11.1 Å². The van der Waals surface area contributed by atoms with Crippen LogP contribution in [0, 0.1) is 5.82 Å². The van der Waals surface area contributed by atoms with E-state index in [1.807, 2.05) is 19.1 Å². The molecule has 2 bridgehead atoms. The lowest BCUT2D eigenvalue weighted by molar-refractivity contribution is 0.107. The molecule has 6 aliphatic heterocycles. The molecule has 8 heterocycles. The molecule has 10 nitrogen and oxygen atoms in total. The first-order valence-corrected chi connectivity index (χ1v) is 17.4. The number of phenols is 1. The van der Waals surface area contributed by atoms with Crippen LogP contribution in [0.4, 0.5) is 14.6 Å². The van der Waals surface area contributed by atoms with Crippen molar-refractivity contribution in [2.75, 3.05) is 31.1 Å². The predicted molar refractivity (Wildman–Crippen MR) is 176 cm³/mol. The third kappa shape index (κ3) is 4.11. The van der Waals surface area contributed by atoms with Gasteiger partial charge in [0.2, 0.25) is 0 Å². The highest BCUT2D eigenvalue weighted by Crippen LogP contribution is 2.45. The Balaban J connectivity index is 1.19. The molecule has 2 aromatic heterocycles. The van der Waals surface area contributed by atoms with Gasteiger partial charge in [-0.15, -0.1) is 0 Å². The summed E-state index contributed by atoms with van der Waals surface area (Å²) in [6, 6.07) is 7.43. The van der Waals surface area contributed by atoms with Gasteiger partial charge in [-0.05, 0) is 74.5 Å². The van der Waals surface area contributed by atoms with Gasteiger partial charge in [-0.3, -0.25) is 9.69 Å². The van der Waals surface area contributed by atoms with Crippen molar-refractivity contribution in [1.29, 1.82) is 0 Å². The molecule has 0 amide bonds. The van der Waals surface area contributed by atoms with Crippen molar-refractivity contribution >= 4 is 27.6 Å². The molecular weight excluding hydrogens is 618 g/mol. The zero-order chi connectivity index (χ0) is 32.5. The van der Waals surface area contributed by atoms with Gasteiger partial charge in [0.25, 0.3) is 5.56 Å². The Morgan fingerprint density at radius 1 is 1.17 bits per heavy atom. The second kappa shape index (κ2) is 10.2. The fourth-order valence-electron chi connectivity index (χ4n) is 9.94. The molecule has 4 aromatic rings. The van der Waals surface area contributed by atoms with E-state index in [1.165, 1.54) is 6.07 Å². The molecule has 2 aromatic carbocycles. The summed E-state index contributed by atoms with van der Waals surface area (Å²) in [5, 5.41) is 16.0. The summed E-state index contributed by atoms with van der Waals surface area (Å²) in [6.45, 7) is 4.47. The summed E-state index contributed by atoms with van der Waals surface area (Å²) >= 11 is 0. The Morgan fingerprint density at radius 2 is 2.06 bits per heavy atom. The highest BCUT2D eigenvalue weighted by atomic mass is 19.1. The fraction of sp³-hybridized carbons (Fsp3) is 0.528. The van der Waals surface area contributed by atoms with Crippen LogP contribution in [0.2, 0.25) is 0 Å². The first-order valence-electron chi connectivity index (χ1n) is 17.4. The SMILES string of the molecule is CC1Cc2c(ccc3cc(O)cc(-c4c(F)c5nc(OC[C@@]67CCCN6C[C@H](F)C7)nc6c5n(c4=O)CCC4C5CCC(CN64)N5)c23)O1. The van der Waals surface area contributed by atoms with E-state index in [0.29, 0.717) is 72.3 Å². The van der Waals surface area contributed by atoms with E-state index in [1.54, 1.807) is 10.6 Å². The number of piperazine rings is 1. The second-order valence-electron chi connectivity index (χ2n) is 14.9. The topological polar surface area (TPSA) is 105 Å². The highest BCUT2D eigenvalue weighted by Gasteiger charge is 2.50. The number of halogens is 2. The molecular formula is C36H38F2N6O4. The van der Waals surface area contributed by atoms with Crippen LogP contribution in [0.25, 0.3) is 32.9 Å². The molecule has 12 heteroatoms. The molecule has 6 aliphatic rings. The summed E-state index contributed by atoms with van der Waals surface area (Å²) in [4.78, 5) is 28.7. The van der Waals surface area contributed by atoms with Crippen molar-refractivity contribution < 1.29 is 23.4 Å². The molecule has 0 spiro atoms. The molecule has 0 saturated carbocycles. The summed E-state index contributed by atoms with van der Waals surface area (Å²) in [5.74, 6) is 0.383. The second-order valence-corrected chi connectivity index (χ2v) is 14.9. The molecule has 4 unspecified atom stereocenters. The quantitative estimate of drug-likeness (QED) is 0.330. The molecule has 4 fully saturated rings. The Labute approximate surface area is 275 Å². The molecule has 4 saturated heterocycles. The van der Waals surface area contributed by atoms with Gasteiger partial charge in [0.1, 0.15) is 41.4 Å². The lowest BCUT2D eigenvalue weighted by atomic mass is 9.92. The van der Waals surface area contributed by atoms with E-state index in [0.717, 1.165) is 37.8 Å². The summed E-state index contributed by atoms with van der Waals surface area (Å²) in [5.41, 5.74) is 0.551. The lowest BCUT2D eigenvalue weighted by Crippen LogP contribution is -2.58. The Morgan fingerprint density at radius 3 is 2.96 bits per heavy atom. The maximum Gasteiger partial charge on any atom is 0.319 e. The van der Waals surface area contributed by atoms with E-state index >= 15 is 4.39 Å². The molecule has 6 atom stereocenters. The highest BCUT2D eigenvalue weighted by molar-refractivity contribution is 6.03. The number of benzene rings is 2. The smallest absolute Gasteiger partial charge is 0.319 e. The number of hydrogen-bond acceptors (Lipinski definition) is 9. The average Bonchev–Trinajstić information content (AvgIpc) is 3.79. The van der Waals surface area contributed by atoms with E-state index in [4.69, 9.17) is 19.4 Å². The van der Waals surface area contributed by atoms with Crippen molar-refractivity contribution in [3.63, 3.8) is 0 Å². The van der Waals surface area contributed by atoms with Crippen LogP contribution in [0.3, 0.4) is 0 Å². The number of nitrogens with one attached hydrogen (secondary N) is 1. The number of nitrogens with zero attached hydrogens (tertiary/aromatic N) is 5. The summed E-state index contributed by atoms with van der Waals surface area (Å²) < 4.78 is 46.0. The monoisotopic (exact) mass is 656 g/mol. The number of fused-ring (bicyclic) bond motifs is 9. The zero-order valence-corrected chi connectivity index (χ0v) is 26.8. The van der Waals surface area contributed by atoms with E-state index in [9.17, 15) is 14.3 Å². The maximum absolute atomic E-state index is 17.4. The van der Waals surface area contributed by atoms with E-state index in [-0.39, 0.29) is 53.7 Å². The third-order valence-corrected chi connectivity index (χ3v) is 12.0. The largest absolute Gasteiger partial charge is 0.508 e. The van der Waals surface area contributed by atoms with Crippen LogP contribution in [0.1, 0.15) is 51.0 Å². The number of phenolic OH excluding ortho intramolecular Hbond substituents is 1. The van der Waals surface area contributed by atoms with Gasteiger partial charge in [0.15, 0.2) is 11.6 Å². The third-order valence-electron chi connectivity index (χ3n) is 12.0. The Kier molecular flexibility index (Phi) is 6.17. The number of anilines is 1. The lowest BCUT2D eigenvalue weighted by Gasteiger charge is -2.41. The van der Waals surface area contributed by atoms with Crippen molar-refractivity contribution in [3.05, 3.63) is 46.0 Å². The van der Waals surface area contributed by atoms with Crippen LogP contribution in [-0.2, 0) is 13.0 Å². The number of hydrogen-bond donors (Lipinski definition) is 2. The minimum absolute atomic E-state index is 0.0142. The number of pyridine rings is 1. The van der Waals surface area contributed by atoms with Gasteiger partial charge in [0, 0.05) is 61.7 Å². The van der Waals surface area contributed by atoms with E-state index in [2.05, 4.69) is 15.1 Å². The summed E-state index contributed by atoms with van der Waals surface area (Å²) in [7, 11) is 0. The van der Waals surface area contributed by atoms with Crippen molar-refractivity contribution in [2.24, 2.45) is 0 Å². The van der Waals surface area contributed by atoms with Crippen LogP contribution < -0.4 is 25.2 Å². The van der Waals surface area contributed by atoms with Crippen molar-refractivity contribution in [1.82, 2.24) is 24.8 Å². The number of aromatic nitrogens is 3. The molecule has 0 radical (unpaired) electrons. The molecule has 250 valence electrons. The number of alkyl halides is 1. The molecule has 48 heavy (non-hydrogen) atoms. The number of rotatable bonds is 4. The van der Waals surface area contributed by atoms with Crippen LogP contribution >= 0.6 is 0 Å². The standard InChI is InChI=1S/C36H38F2N6O4/c1-18-11-23-27(48-18)6-3-19-12-22(45)13-24(28(19)23)29-30(38)31-32-33(41-35(40-31)47-17-36-8-2-9-42(36)15-20(37)14-36)44-16-21-4-5-25(39-21)26(44)7-10-43(32)34(29)46/h3,6,12-13,18,20-21,25-26,39,45H,2,4-5,7-11,14-17H2,1H3/t18?,20-,21?,25?,26?,36+/m1/s1. The van der Waals surface area contributed by atoms with Gasteiger partial charge in [-0.2, -0.15) is 9.97 Å². The number of ether oxygens (including phenoxy) is 2. The zero-order valence-electron chi connectivity index (χ0n) is 26.8. The molecule has 2 N–H and O–H groups in total. The van der Waals surface area contributed by atoms with Gasteiger partial charge < -0.3 is 29.4 Å². The number of aryl methyl sites for hydroxylation is 1. The van der Waals surface area contributed by atoms with Gasteiger partial charge >= 0.3 is 6.01 Å². The van der Waals surface area contributed by atoms with Crippen LogP contribution in [-0.4, -0.2) is 86.7 Å². The van der Waals surface area contributed by atoms with Gasteiger partial charge in [-0.25, -0.2) is 8.78 Å². The van der Waals surface area contributed by atoms with Crippen molar-refractivity contribution in [3.8, 4) is 28.6 Å². The van der Waals surface area contributed by atoms with Crippen molar-refractivity contribution in [2.45, 2.75) is 94.4 Å². The van der Waals surface area contributed by atoms with Crippen LogP contribution in [0.15, 0.2) is 29.1 Å². The van der Waals surface area contributed by atoms with Crippen LogP contribution in [0.5, 0.6) is 17.5 Å².